The minimum Gasteiger partial charge on any atom is -0.319 e. The van der Waals surface area contributed by atoms with Crippen molar-refractivity contribution < 1.29 is 4.79 Å². The zero-order valence-electron chi connectivity index (χ0n) is 13.1. The van der Waals surface area contributed by atoms with Crippen LogP contribution in [0.15, 0.2) is 24.3 Å². The summed E-state index contributed by atoms with van der Waals surface area (Å²) in [4.78, 5) is 14.6. The molecule has 2 aliphatic rings. The molecule has 0 radical (unpaired) electrons. The lowest BCUT2D eigenvalue weighted by molar-refractivity contribution is -0.131. The van der Waals surface area contributed by atoms with Crippen LogP contribution in [0, 0.1) is 12.8 Å². The van der Waals surface area contributed by atoms with Gasteiger partial charge in [0, 0.05) is 6.04 Å². The summed E-state index contributed by atoms with van der Waals surface area (Å²) >= 11 is 0. The first kappa shape index (κ1) is 14.6. The van der Waals surface area contributed by atoms with Gasteiger partial charge in [-0.05, 0) is 31.2 Å². The molecule has 0 bridgehead atoms. The highest BCUT2D eigenvalue weighted by Gasteiger charge is 2.38. The van der Waals surface area contributed by atoms with Crippen molar-refractivity contribution >= 4 is 5.91 Å². The molecule has 1 saturated carbocycles. The van der Waals surface area contributed by atoms with Crippen molar-refractivity contribution in [3.8, 4) is 0 Å². The van der Waals surface area contributed by atoms with Crippen molar-refractivity contribution in [1.82, 2.24) is 10.2 Å². The number of amides is 1. The number of hydrogen-bond acceptors (Lipinski definition) is 2. The number of carbonyl (C=O) groups is 1. The topological polar surface area (TPSA) is 32.3 Å². The van der Waals surface area contributed by atoms with Gasteiger partial charge < -0.3 is 4.90 Å². The second-order valence-corrected chi connectivity index (χ2v) is 6.68. The second kappa shape index (κ2) is 6.18. The molecule has 3 atom stereocenters. The van der Waals surface area contributed by atoms with Gasteiger partial charge in [-0.2, -0.15) is 0 Å². The van der Waals surface area contributed by atoms with Gasteiger partial charge in [-0.15, -0.1) is 0 Å². The van der Waals surface area contributed by atoms with Crippen LogP contribution in [-0.2, 0) is 4.79 Å². The average molecular weight is 286 g/mol. The van der Waals surface area contributed by atoms with Crippen molar-refractivity contribution in [2.24, 2.45) is 5.92 Å². The van der Waals surface area contributed by atoms with E-state index in [0.29, 0.717) is 18.5 Å². The van der Waals surface area contributed by atoms with Crippen molar-refractivity contribution in [2.75, 3.05) is 6.54 Å². The van der Waals surface area contributed by atoms with E-state index in [0.717, 1.165) is 6.42 Å². The summed E-state index contributed by atoms with van der Waals surface area (Å²) in [6.07, 6.45) is 6.32. The van der Waals surface area contributed by atoms with Gasteiger partial charge in [-0.3, -0.25) is 10.1 Å². The number of aryl methyl sites for hydroxylation is 1. The predicted molar refractivity (Wildman–Crippen MR) is 84.8 cm³/mol. The van der Waals surface area contributed by atoms with E-state index in [1.54, 1.807) is 0 Å². The van der Waals surface area contributed by atoms with Crippen LogP contribution in [0.4, 0.5) is 0 Å². The molecule has 3 rings (SSSR count). The molecular weight excluding hydrogens is 260 g/mol. The molecule has 3 heteroatoms. The lowest BCUT2D eigenvalue weighted by Gasteiger charge is -2.36. The largest absolute Gasteiger partial charge is 0.319 e. The van der Waals surface area contributed by atoms with E-state index < -0.39 is 0 Å². The molecule has 1 amide bonds. The smallest absolute Gasteiger partial charge is 0.238 e. The highest BCUT2D eigenvalue weighted by molar-refractivity contribution is 5.81. The normalized spacial score (nSPS) is 30.5. The number of benzene rings is 1. The van der Waals surface area contributed by atoms with Gasteiger partial charge in [-0.1, -0.05) is 56.0 Å². The standard InChI is InChI=1S/C18H26N2O/c1-13-8-10-15(11-9-13)18-19-12-17(21)20(18)16-7-5-3-4-6-14(16)2/h8-11,14,16,18-19H,3-7,12H2,1-2H3. The third kappa shape index (κ3) is 2.98. The molecule has 0 aromatic heterocycles. The van der Waals surface area contributed by atoms with Crippen LogP contribution in [0.1, 0.15) is 56.3 Å². The van der Waals surface area contributed by atoms with E-state index in [1.807, 2.05) is 0 Å². The van der Waals surface area contributed by atoms with Crippen LogP contribution in [0.3, 0.4) is 0 Å². The Kier molecular flexibility index (Phi) is 4.29. The summed E-state index contributed by atoms with van der Waals surface area (Å²) in [7, 11) is 0. The minimum absolute atomic E-state index is 0.0589. The Balaban J connectivity index is 1.86. The van der Waals surface area contributed by atoms with Gasteiger partial charge in [-0.25, -0.2) is 0 Å². The Bertz CT molecular complexity index is 496. The number of nitrogens with one attached hydrogen (secondary N) is 1. The van der Waals surface area contributed by atoms with Gasteiger partial charge in [0.2, 0.25) is 5.91 Å². The molecule has 1 heterocycles. The number of carbonyl (C=O) groups excluding carboxylic acids is 1. The lowest BCUT2D eigenvalue weighted by Crippen LogP contribution is -2.43. The van der Waals surface area contributed by atoms with Crippen molar-refractivity contribution in [3.05, 3.63) is 35.4 Å². The minimum atomic E-state index is 0.0589. The molecule has 1 aliphatic carbocycles. The van der Waals surface area contributed by atoms with Crippen LogP contribution in [-0.4, -0.2) is 23.4 Å². The Labute approximate surface area is 127 Å². The van der Waals surface area contributed by atoms with Crippen LogP contribution in [0.25, 0.3) is 0 Å². The average Bonchev–Trinajstić information content (AvgIpc) is 2.72. The maximum atomic E-state index is 12.4. The maximum Gasteiger partial charge on any atom is 0.238 e. The summed E-state index contributed by atoms with van der Waals surface area (Å²) in [6.45, 7) is 4.89. The molecule has 1 aromatic carbocycles. The maximum absolute atomic E-state index is 12.4. The summed E-state index contributed by atoms with van der Waals surface area (Å²) < 4.78 is 0. The molecule has 1 aliphatic heterocycles. The van der Waals surface area contributed by atoms with Crippen LogP contribution in [0.5, 0.6) is 0 Å². The van der Waals surface area contributed by atoms with E-state index in [4.69, 9.17) is 0 Å². The van der Waals surface area contributed by atoms with Gasteiger partial charge in [0.25, 0.3) is 0 Å². The highest BCUT2D eigenvalue weighted by atomic mass is 16.2. The van der Waals surface area contributed by atoms with E-state index >= 15 is 0 Å². The fourth-order valence-electron chi connectivity index (χ4n) is 3.81. The third-order valence-electron chi connectivity index (χ3n) is 5.08. The first-order valence-electron chi connectivity index (χ1n) is 8.28. The molecule has 3 unspecified atom stereocenters. The Morgan fingerprint density at radius 1 is 1.10 bits per heavy atom. The predicted octanol–water partition coefficient (Wildman–Crippen LogP) is 3.39. The monoisotopic (exact) mass is 286 g/mol. The molecule has 3 nitrogen and oxygen atoms in total. The quantitative estimate of drug-likeness (QED) is 0.845. The van der Waals surface area contributed by atoms with E-state index in [9.17, 15) is 4.79 Å². The highest BCUT2D eigenvalue weighted by Crippen LogP contribution is 2.34. The summed E-state index contributed by atoms with van der Waals surface area (Å²) in [5.74, 6) is 0.864. The molecule has 1 N–H and O–H groups in total. The van der Waals surface area contributed by atoms with Gasteiger partial charge >= 0.3 is 0 Å². The fraction of sp³-hybridized carbons (Fsp3) is 0.611. The first-order chi connectivity index (χ1) is 10.2. The zero-order valence-corrected chi connectivity index (χ0v) is 13.1. The molecule has 114 valence electrons. The molecule has 1 aromatic rings. The SMILES string of the molecule is Cc1ccc(C2NCC(=O)N2C2CCCCCC2C)cc1. The zero-order chi connectivity index (χ0) is 14.8. The first-order valence-corrected chi connectivity index (χ1v) is 8.28. The summed E-state index contributed by atoms with van der Waals surface area (Å²) in [6, 6.07) is 8.96. The van der Waals surface area contributed by atoms with Gasteiger partial charge in [0.05, 0.1) is 6.54 Å². The van der Waals surface area contributed by atoms with Crippen molar-refractivity contribution in [2.45, 2.75) is 58.2 Å². The number of hydrogen-bond donors (Lipinski definition) is 1. The van der Waals surface area contributed by atoms with Crippen molar-refractivity contribution in [3.63, 3.8) is 0 Å². The second-order valence-electron chi connectivity index (χ2n) is 6.68. The number of nitrogens with zero attached hydrogens (tertiary/aromatic N) is 1. The van der Waals surface area contributed by atoms with Crippen LogP contribution < -0.4 is 5.32 Å². The van der Waals surface area contributed by atoms with E-state index in [1.165, 1.54) is 36.8 Å². The van der Waals surface area contributed by atoms with Crippen molar-refractivity contribution in [1.29, 1.82) is 0 Å². The van der Waals surface area contributed by atoms with Crippen LogP contribution >= 0.6 is 0 Å². The summed E-state index contributed by atoms with van der Waals surface area (Å²) in [5, 5.41) is 3.41. The molecule has 0 spiro atoms. The fourth-order valence-corrected chi connectivity index (χ4v) is 3.81. The van der Waals surface area contributed by atoms with Gasteiger partial charge in [0.1, 0.15) is 6.17 Å². The van der Waals surface area contributed by atoms with E-state index in [-0.39, 0.29) is 12.1 Å². The summed E-state index contributed by atoms with van der Waals surface area (Å²) in [5.41, 5.74) is 2.47. The van der Waals surface area contributed by atoms with E-state index in [2.05, 4.69) is 48.3 Å². The Morgan fingerprint density at radius 3 is 2.57 bits per heavy atom. The molecule has 21 heavy (non-hydrogen) atoms. The van der Waals surface area contributed by atoms with Crippen LogP contribution in [0.2, 0.25) is 0 Å². The lowest BCUT2D eigenvalue weighted by atomic mass is 9.94. The molecule has 1 saturated heterocycles. The molecule has 2 fully saturated rings. The number of rotatable bonds is 2. The Hall–Kier alpha value is -1.35. The Morgan fingerprint density at radius 2 is 1.81 bits per heavy atom. The third-order valence-corrected chi connectivity index (χ3v) is 5.08. The molecular formula is C18H26N2O. The van der Waals surface area contributed by atoms with Gasteiger partial charge in [0.15, 0.2) is 0 Å².